The van der Waals surface area contributed by atoms with Crippen LogP contribution in [0.15, 0.2) is 24.3 Å². The SMILES string of the molecule is CC(C(=O)Nc1cccc(N2CCCC2=O)c1)N1CCN(C2CCCN(C)C2)CC1. The molecule has 0 radical (unpaired) electrons. The largest absolute Gasteiger partial charge is 0.325 e. The van der Waals surface area contributed by atoms with E-state index in [4.69, 9.17) is 0 Å². The monoisotopic (exact) mass is 413 g/mol. The molecule has 7 heteroatoms. The summed E-state index contributed by atoms with van der Waals surface area (Å²) in [5, 5.41) is 3.06. The summed E-state index contributed by atoms with van der Waals surface area (Å²) in [6.45, 7) is 9.03. The number of carbonyl (C=O) groups excluding carboxylic acids is 2. The predicted octanol–water partition coefficient (Wildman–Crippen LogP) is 1.85. The van der Waals surface area contributed by atoms with Crippen LogP contribution in [0.25, 0.3) is 0 Å². The number of likely N-dealkylation sites (N-methyl/N-ethyl adjacent to an activating group) is 1. The number of hydrogen-bond donors (Lipinski definition) is 1. The van der Waals surface area contributed by atoms with E-state index >= 15 is 0 Å². The zero-order valence-corrected chi connectivity index (χ0v) is 18.3. The summed E-state index contributed by atoms with van der Waals surface area (Å²) in [5.41, 5.74) is 1.63. The van der Waals surface area contributed by atoms with E-state index in [1.54, 1.807) is 4.90 Å². The lowest BCUT2D eigenvalue weighted by atomic mass is 10.0. The molecule has 0 aliphatic carbocycles. The minimum Gasteiger partial charge on any atom is -0.325 e. The van der Waals surface area contributed by atoms with Gasteiger partial charge in [0.25, 0.3) is 0 Å². The van der Waals surface area contributed by atoms with Crippen molar-refractivity contribution in [2.45, 2.75) is 44.7 Å². The van der Waals surface area contributed by atoms with E-state index in [0.29, 0.717) is 12.5 Å². The molecule has 7 nitrogen and oxygen atoms in total. The van der Waals surface area contributed by atoms with E-state index in [1.807, 2.05) is 31.2 Å². The highest BCUT2D eigenvalue weighted by Gasteiger charge is 2.30. The third-order valence-corrected chi connectivity index (χ3v) is 6.89. The van der Waals surface area contributed by atoms with Gasteiger partial charge in [0.1, 0.15) is 0 Å². The molecule has 2 unspecified atom stereocenters. The van der Waals surface area contributed by atoms with Crippen molar-refractivity contribution in [3.63, 3.8) is 0 Å². The lowest BCUT2D eigenvalue weighted by Crippen LogP contribution is -2.57. The number of piperazine rings is 1. The summed E-state index contributed by atoms with van der Waals surface area (Å²) in [5.74, 6) is 0.180. The fraction of sp³-hybridized carbons (Fsp3) is 0.652. The maximum Gasteiger partial charge on any atom is 0.241 e. The molecule has 2 amide bonds. The highest BCUT2D eigenvalue weighted by Crippen LogP contribution is 2.24. The molecule has 164 valence electrons. The van der Waals surface area contributed by atoms with Crippen LogP contribution in [0.1, 0.15) is 32.6 Å². The number of nitrogens with one attached hydrogen (secondary N) is 1. The van der Waals surface area contributed by atoms with Gasteiger partial charge in [-0.1, -0.05) is 6.07 Å². The van der Waals surface area contributed by atoms with Crippen LogP contribution in [0.5, 0.6) is 0 Å². The zero-order chi connectivity index (χ0) is 21.1. The Balaban J connectivity index is 1.30. The van der Waals surface area contributed by atoms with Crippen LogP contribution in [0.3, 0.4) is 0 Å². The van der Waals surface area contributed by atoms with E-state index in [-0.39, 0.29) is 17.9 Å². The molecule has 0 aromatic heterocycles. The lowest BCUT2D eigenvalue weighted by Gasteiger charge is -2.43. The Labute approximate surface area is 180 Å². The first-order valence-electron chi connectivity index (χ1n) is 11.4. The first kappa shape index (κ1) is 21.3. The Morgan fingerprint density at radius 1 is 1.10 bits per heavy atom. The van der Waals surface area contributed by atoms with Crippen LogP contribution in [-0.2, 0) is 9.59 Å². The molecule has 1 N–H and O–H groups in total. The first-order valence-corrected chi connectivity index (χ1v) is 11.4. The number of benzene rings is 1. The number of anilines is 2. The van der Waals surface area contributed by atoms with Gasteiger partial charge in [-0.2, -0.15) is 0 Å². The van der Waals surface area contributed by atoms with E-state index < -0.39 is 0 Å². The van der Waals surface area contributed by atoms with E-state index in [9.17, 15) is 9.59 Å². The second kappa shape index (κ2) is 9.45. The van der Waals surface area contributed by atoms with Crippen molar-refractivity contribution < 1.29 is 9.59 Å². The summed E-state index contributed by atoms with van der Waals surface area (Å²) in [4.78, 5) is 34.0. The molecule has 30 heavy (non-hydrogen) atoms. The van der Waals surface area contributed by atoms with Crippen LogP contribution >= 0.6 is 0 Å². The summed E-state index contributed by atoms with van der Waals surface area (Å²) < 4.78 is 0. The summed E-state index contributed by atoms with van der Waals surface area (Å²) in [6.07, 6.45) is 4.07. The molecular weight excluding hydrogens is 378 g/mol. The van der Waals surface area contributed by atoms with Crippen molar-refractivity contribution in [2.24, 2.45) is 0 Å². The van der Waals surface area contributed by atoms with Crippen LogP contribution in [0, 0.1) is 0 Å². The fourth-order valence-corrected chi connectivity index (χ4v) is 5.01. The van der Waals surface area contributed by atoms with E-state index in [1.165, 1.54) is 19.4 Å². The molecule has 1 aromatic carbocycles. The molecule has 0 spiro atoms. The van der Waals surface area contributed by atoms with Gasteiger partial charge >= 0.3 is 0 Å². The standard InChI is InChI=1S/C23H35N5O2/c1-18(26-12-14-27(15-13-26)21-8-4-10-25(2)17-21)23(30)24-19-6-3-7-20(16-19)28-11-5-9-22(28)29/h3,6-7,16,18,21H,4-5,8-15,17H2,1-2H3,(H,24,30). The maximum absolute atomic E-state index is 12.9. The van der Waals surface area contributed by atoms with Crippen LogP contribution in [0.4, 0.5) is 11.4 Å². The molecule has 4 rings (SSSR count). The highest BCUT2D eigenvalue weighted by atomic mass is 16.2. The Bertz CT molecular complexity index is 762. The van der Waals surface area contributed by atoms with Gasteiger partial charge in [0, 0.05) is 63.1 Å². The summed E-state index contributed by atoms with van der Waals surface area (Å²) in [6, 6.07) is 8.13. The van der Waals surface area contributed by atoms with Crippen molar-refractivity contribution in [3.8, 4) is 0 Å². The van der Waals surface area contributed by atoms with Gasteiger partial charge < -0.3 is 15.1 Å². The molecule has 3 heterocycles. The normalized spacial score (nSPS) is 25.5. The molecule has 3 saturated heterocycles. The summed E-state index contributed by atoms with van der Waals surface area (Å²) in [7, 11) is 2.21. The smallest absolute Gasteiger partial charge is 0.241 e. The fourth-order valence-electron chi connectivity index (χ4n) is 5.01. The van der Waals surface area contributed by atoms with Crippen molar-refractivity contribution in [1.82, 2.24) is 14.7 Å². The van der Waals surface area contributed by atoms with Gasteiger partial charge in [-0.15, -0.1) is 0 Å². The molecule has 3 aliphatic rings. The number of likely N-dealkylation sites (tertiary alicyclic amines) is 1. The molecular formula is C23H35N5O2. The van der Waals surface area contributed by atoms with Gasteiger partial charge in [0.2, 0.25) is 11.8 Å². The second-order valence-electron chi connectivity index (χ2n) is 8.99. The Kier molecular flexibility index (Phi) is 6.71. The minimum absolute atomic E-state index is 0.0192. The molecule has 3 fully saturated rings. The van der Waals surface area contributed by atoms with Crippen molar-refractivity contribution in [3.05, 3.63) is 24.3 Å². The second-order valence-corrected chi connectivity index (χ2v) is 8.99. The zero-order valence-electron chi connectivity index (χ0n) is 18.3. The van der Waals surface area contributed by atoms with Gasteiger partial charge in [-0.25, -0.2) is 0 Å². The number of rotatable bonds is 5. The Hall–Kier alpha value is -1.96. The van der Waals surface area contributed by atoms with Gasteiger partial charge in [-0.3, -0.25) is 19.4 Å². The first-order chi connectivity index (χ1) is 14.5. The number of carbonyl (C=O) groups is 2. The molecule has 0 saturated carbocycles. The number of nitrogens with zero attached hydrogens (tertiary/aromatic N) is 4. The van der Waals surface area contributed by atoms with Crippen molar-refractivity contribution in [2.75, 3.05) is 63.1 Å². The molecule has 3 aliphatic heterocycles. The highest BCUT2D eigenvalue weighted by molar-refractivity contribution is 5.98. The number of hydrogen-bond acceptors (Lipinski definition) is 5. The van der Waals surface area contributed by atoms with Crippen LogP contribution in [-0.4, -0.2) is 91.5 Å². The summed E-state index contributed by atoms with van der Waals surface area (Å²) >= 11 is 0. The third kappa shape index (κ3) is 4.85. The van der Waals surface area contributed by atoms with Crippen molar-refractivity contribution >= 4 is 23.2 Å². The third-order valence-electron chi connectivity index (χ3n) is 6.89. The average molecular weight is 414 g/mol. The van der Waals surface area contributed by atoms with Gasteiger partial charge in [-0.05, 0) is 58.0 Å². The Morgan fingerprint density at radius 3 is 2.60 bits per heavy atom. The van der Waals surface area contributed by atoms with Gasteiger partial charge in [0.05, 0.1) is 6.04 Å². The van der Waals surface area contributed by atoms with Gasteiger partial charge in [0.15, 0.2) is 0 Å². The molecule has 0 bridgehead atoms. The minimum atomic E-state index is -0.168. The average Bonchev–Trinajstić information content (AvgIpc) is 3.19. The molecule has 2 atom stereocenters. The van der Waals surface area contributed by atoms with E-state index in [2.05, 4.69) is 27.1 Å². The van der Waals surface area contributed by atoms with Crippen molar-refractivity contribution in [1.29, 1.82) is 0 Å². The number of piperidine rings is 1. The van der Waals surface area contributed by atoms with E-state index in [0.717, 1.165) is 57.1 Å². The Morgan fingerprint density at radius 2 is 1.90 bits per heavy atom. The molecule has 1 aromatic rings. The lowest BCUT2D eigenvalue weighted by molar-refractivity contribution is -0.121. The number of amides is 2. The van der Waals surface area contributed by atoms with Crippen LogP contribution < -0.4 is 10.2 Å². The quantitative estimate of drug-likeness (QED) is 0.798. The predicted molar refractivity (Wildman–Crippen MR) is 120 cm³/mol. The topological polar surface area (TPSA) is 59.1 Å². The van der Waals surface area contributed by atoms with Crippen LogP contribution in [0.2, 0.25) is 0 Å². The maximum atomic E-state index is 12.9.